The van der Waals surface area contributed by atoms with Gasteiger partial charge in [-0.15, -0.1) is 0 Å². The highest BCUT2D eigenvalue weighted by Crippen LogP contribution is 2.27. The Labute approximate surface area is 180 Å². The molecule has 3 aromatic rings. The number of aromatic nitrogens is 2. The number of sulfonamides is 1. The standard InChI is InChI=1S/C21H24N4O5S/c1-2-29-17-8-6-15(7-9-17)14-22-21(26)16-10-12-25(13-11-16)31(27,28)19-5-3-4-18-20(19)24-30-23-18/h3-9,16H,2,10-14H2,1H3,(H,22,26). The third kappa shape index (κ3) is 4.54. The molecule has 0 spiro atoms. The highest BCUT2D eigenvalue weighted by atomic mass is 32.2. The van der Waals surface area contributed by atoms with Gasteiger partial charge in [-0.25, -0.2) is 13.0 Å². The fourth-order valence-electron chi connectivity index (χ4n) is 3.69. The summed E-state index contributed by atoms with van der Waals surface area (Å²) >= 11 is 0. The first-order valence-electron chi connectivity index (χ1n) is 10.2. The minimum Gasteiger partial charge on any atom is -0.494 e. The number of nitrogens with zero attached hydrogens (tertiary/aromatic N) is 3. The molecule has 10 heteroatoms. The van der Waals surface area contributed by atoms with E-state index < -0.39 is 10.0 Å². The summed E-state index contributed by atoms with van der Waals surface area (Å²) in [6, 6.07) is 12.3. The quantitative estimate of drug-likeness (QED) is 0.595. The number of carbonyl (C=O) groups is 1. The number of hydrogen-bond donors (Lipinski definition) is 1. The Hall–Kier alpha value is -2.98. The molecule has 1 N–H and O–H groups in total. The van der Waals surface area contributed by atoms with Crippen molar-refractivity contribution in [2.45, 2.75) is 31.2 Å². The monoisotopic (exact) mass is 444 g/mol. The first kappa shape index (κ1) is 21.3. The van der Waals surface area contributed by atoms with E-state index in [-0.39, 0.29) is 35.3 Å². The first-order chi connectivity index (χ1) is 15.0. The van der Waals surface area contributed by atoms with Crippen LogP contribution < -0.4 is 10.1 Å². The SMILES string of the molecule is CCOc1ccc(CNC(=O)C2CCN(S(=O)(=O)c3cccc4nonc34)CC2)cc1. The van der Waals surface area contributed by atoms with E-state index in [9.17, 15) is 13.2 Å². The Kier molecular flexibility index (Phi) is 6.19. The smallest absolute Gasteiger partial charge is 0.245 e. The molecule has 0 radical (unpaired) electrons. The lowest BCUT2D eigenvalue weighted by molar-refractivity contribution is -0.126. The lowest BCUT2D eigenvalue weighted by atomic mass is 9.97. The highest BCUT2D eigenvalue weighted by Gasteiger charge is 2.33. The van der Waals surface area contributed by atoms with Crippen molar-refractivity contribution in [1.29, 1.82) is 0 Å². The molecule has 2 heterocycles. The molecule has 1 amide bonds. The van der Waals surface area contributed by atoms with Crippen LogP contribution in [0.25, 0.3) is 11.0 Å². The molecule has 0 aliphatic carbocycles. The van der Waals surface area contributed by atoms with E-state index in [2.05, 4.69) is 20.3 Å². The number of rotatable bonds is 7. The number of carbonyl (C=O) groups excluding carboxylic acids is 1. The van der Waals surface area contributed by atoms with Gasteiger partial charge in [0.15, 0.2) is 5.52 Å². The molecule has 164 valence electrons. The molecule has 1 aliphatic rings. The predicted octanol–water partition coefficient (Wildman–Crippen LogP) is 2.34. The average molecular weight is 445 g/mol. The molecule has 0 bridgehead atoms. The van der Waals surface area contributed by atoms with Gasteiger partial charge >= 0.3 is 0 Å². The Morgan fingerprint density at radius 1 is 1.16 bits per heavy atom. The molecule has 0 saturated carbocycles. The fourth-order valence-corrected chi connectivity index (χ4v) is 5.30. The molecular formula is C21H24N4O5S. The van der Waals surface area contributed by atoms with Crippen LogP contribution in [-0.4, -0.2) is 48.6 Å². The van der Waals surface area contributed by atoms with E-state index in [0.717, 1.165) is 11.3 Å². The zero-order valence-corrected chi connectivity index (χ0v) is 18.0. The van der Waals surface area contributed by atoms with Gasteiger partial charge in [0.2, 0.25) is 15.9 Å². The van der Waals surface area contributed by atoms with E-state index >= 15 is 0 Å². The normalized spacial score (nSPS) is 15.8. The van der Waals surface area contributed by atoms with Crippen molar-refractivity contribution in [3.8, 4) is 5.75 Å². The van der Waals surface area contributed by atoms with Crippen LogP contribution in [0.15, 0.2) is 52.0 Å². The van der Waals surface area contributed by atoms with Gasteiger partial charge < -0.3 is 10.1 Å². The van der Waals surface area contributed by atoms with Gasteiger partial charge in [0.25, 0.3) is 0 Å². The summed E-state index contributed by atoms with van der Waals surface area (Å²) in [6.45, 7) is 3.49. The zero-order chi connectivity index (χ0) is 21.8. The first-order valence-corrected chi connectivity index (χ1v) is 11.6. The van der Waals surface area contributed by atoms with Gasteiger partial charge in [-0.3, -0.25) is 4.79 Å². The zero-order valence-electron chi connectivity index (χ0n) is 17.2. The van der Waals surface area contributed by atoms with Gasteiger partial charge in [-0.05, 0) is 59.9 Å². The van der Waals surface area contributed by atoms with E-state index in [0.29, 0.717) is 31.5 Å². The topological polar surface area (TPSA) is 115 Å². The molecule has 31 heavy (non-hydrogen) atoms. The Morgan fingerprint density at radius 3 is 2.61 bits per heavy atom. The third-order valence-corrected chi connectivity index (χ3v) is 7.32. The average Bonchev–Trinajstić information content (AvgIpc) is 3.27. The van der Waals surface area contributed by atoms with Crippen LogP contribution in [0.1, 0.15) is 25.3 Å². The highest BCUT2D eigenvalue weighted by molar-refractivity contribution is 7.89. The Balaban J connectivity index is 1.33. The molecule has 9 nitrogen and oxygen atoms in total. The van der Waals surface area contributed by atoms with Crippen molar-refractivity contribution >= 4 is 27.0 Å². The Morgan fingerprint density at radius 2 is 1.90 bits per heavy atom. The number of amides is 1. The lowest BCUT2D eigenvalue weighted by Gasteiger charge is -2.30. The Bertz CT molecular complexity index is 1150. The van der Waals surface area contributed by atoms with Crippen LogP contribution in [0.4, 0.5) is 0 Å². The van der Waals surface area contributed by atoms with Crippen LogP contribution in [0, 0.1) is 5.92 Å². The molecule has 1 saturated heterocycles. The third-order valence-electron chi connectivity index (χ3n) is 5.39. The number of ether oxygens (including phenoxy) is 1. The molecule has 0 unspecified atom stereocenters. The van der Waals surface area contributed by atoms with Crippen molar-refractivity contribution in [3.05, 3.63) is 48.0 Å². The predicted molar refractivity (Wildman–Crippen MR) is 113 cm³/mol. The van der Waals surface area contributed by atoms with Crippen LogP contribution in [0.5, 0.6) is 5.75 Å². The summed E-state index contributed by atoms with van der Waals surface area (Å²) in [5.74, 6) is 0.510. The van der Waals surface area contributed by atoms with E-state index in [1.807, 2.05) is 31.2 Å². The minimum absolute atomic E-state index is 0.0614. The van der Waals surface area contributed by atoms with E-state index in [4.69, 9.17) is 4.74 Å². The number of benzene rings is 2. The van der Waals surface area contributed by atoms with E-state index in [1.165, 1.54) is 10.4 Å². The summed E-state index contributed by atoms with van der Waals surface area (Å²) in [5, 5.41) is 10.4. The van der Waals surface area contributed by atoms with Crippen molar-refractivity contribution in [1.82, 2.24) is 19.9 Å². The fraction of sp³-hybridized carbons (Fsp3) is 0.381. The van der Waals surface area contributed by atoms with E-state index in [1.54, 1.807) is 12.1 Å². The maximum atomic E-state index is 13.1. The molecule has 4 rings (SSSR count). The van der Waals surface area contributed by atoms with Gasteiger partial charge in [0.05, 0.1) is 6.61 Å². The summed E-state index contributed by atoms with van der Waals surface area (Å²) in [7, 11) is -3.74. The van der Waals surface area contributed by atoms with Crippen LogP contribution in [-0.2, 0) is 21.4 Å². The second kappa shape index (κ2) is 9.03. The molecular weight excluding hydrogens is 420 g/mol. The lowest BCUT2D eigenvalue weighted by Crippen LogP contribution is -2.42. The summed E-state index contributed by atoms with van der Waals surface area (Å²) < 4.78 is 37.6. The maximum Gasteiger partial charge on any atom is 0.245 e. The van der Waals surface area contributed by atoms with Gasteiger partial charge in [0, 0.05) is 25.6 Å². The number of fused-ring (bicyclic) bond motifs is 1. The molecule has 2 aromatic carbocycles. The number of piperidine rings is 1. The minimum atomic E-state index is -3.74. The van der Waals surface area contributed by atoms with Crippen molar-refractivity contribution in [3.63, 3.8) is 0 Å². The summed E-state index contributed by atoms with van der Waals surface area (Å²) in [6.07, 6.45) is 0.919. The van der Waals surface area contributed by atoms with Crippen LogP contribution in [0.3, 0.4) is 0 Å². The van der Waals surface area contributed by atoms with Crippen LogP contribution in [0.2, 0.25) is 0 Å². The molecule has 1 aliphatic heterocycles. The van der Waals surface area contributed by atoms with Crippen molar-refractivity contribution in [2.24, 2.45) is 5.92 Å². The molecule has 1 aromatic heterocycles. The van der Waals surface area contributed by atoms with Gasteiger partial charge in [0.1, 0.15) is 16.2 Å². The molecule has 0 atom stereocenters. The summed E-state index contributed by atoms with van der Waals surface area (Å²) in [5.41, 5.74) is 1.59. The maximum absolute atomic E-state index is 13.1. The number of nitrogens with one attached hydrogen (secondary N) is 1. The summed E-state index contributed by atoms with van der Waals surface area (Å²) in [4.78, 5) is 12.6. The van der Waals surface area contributed by atoms with Gasteiger partial charge in [-0.1, -0.05) is 18.2 Å². The van der Waals surface area contributed by atoms with Crippen molar-refractivity contribution < 1.29 is 22.6 Å². The second-order valence-electron chi connectivity index (χ2n) is 7.36. The van der Waals surface area contributed by atoms with Gasteiger partial charge in [-0.2, -0.15) is 4.31 Å². The second-order valence-corrected chi connectivity index (χ2v) is 9.27. The van der Waals surface area contributed by atoms with Crippen molar-refractivity contribution in [2.75, 3.05) is 19.7 Å². The van der Waals surface area contributed by atoms with Crippen LogP contribution >= 0.6 is 0 Å². The molecule has 1 fully saturated rings. The largest absolute Gasteiger partial charge is 0.494 e. The number of hydrogen-bond acceptors (Lipinski definition) is 7.